The molecule has 1 aliphatic carbocycles. The van der Waals surface area contributed by atoms with Crippen LogP contribution < -0.4 is 0 Å². The van der Waals surface area contributed by atoms with Gasteiger partial charge in [-0.15, -0.1) is 0 Å². The molecule has 0 radical (unpaired) electrons. The van der Waals surface area contributed by atoms with Crippen LogP contribution in [-0.4, -0.2) is 89.0 Å². The number of aliphatic hydroxyl groups is 2. The van der Waals surface area contributed by atoms with Crippen LogP contribution in [0.25, 0.3) is 0 Å². The Morgan fingerprint density at radius 2 is 1.36 bits per heavy atom. The van der Waals surface area contributed by atoms with Gasteiger partial charge in [-0.25, -0.2) is 0 Å². The SMILES string of the molecule is OC[C@H](O)COCCOCCOCCOCCOCC1=CC=C=C=C1. The third-order valence-electron chi connectivity index (χ3n) is 3.00. The van der Waals surface area contributed by atoms with Crippen molar-refractivity contribution in [3.05, 3.63) is 35.3 Å². The van der Waals surface area contributed by atoms with Crippen molar-refractivity contribution < 1.29 is 33.9 Å². The molecule has 1 rings (SSSR count). The van der Waals surface area contributed by atoms with Gasteiger partial charge in [0.1, 0.15) is 6.10 Å². The molecule has 142 valence electrons. The maximum Gasteiger partial charge on any atom is 0.100 e. The van der Waals surface area contributed by atoms with E-state index >= 15 is 0 Å². The molecule has 0 unspecified atom stereocenters. The molecule has 0 aromatic heterocycles. The highest BCUT2D eigenvalue weighted by atomic mass is 16.6. The molecule has 0 aromatic rings. The van der Waals surface area contributed by atoms with E-state index in [1.165, 1.54) is 0 Å². The van der Waals surface area contributed by atoms with Gasteiger partial charge in [0.15, 0.2) is 0 Å². The smallest absolute Gasteiger partial charge is 0.100 e. The minimum Gasteiger partial charge on any atom is -0.394 e. The molecule has 0 saturated carbocycles. The van der Waals surface area contributed by atoms with Crippen LogP contribution in [0.15, 0.2) is 35.3 Å². The predicted octanol–water partition coefficient (Wildman–Crippen LogP) is 0.229. The topological polar surface area (TPSA) is 86.6 Å². The summed E-state index contributed by atoms with van der Waals surface area (Å²) in [5.41, 5.74) is 6.78. The minimum absolute atomic E-state index is 0.111. The third-order valence-corrected chi connectivity index (χ3v) is 3.00. The van der Waals surface area contributed by atoms with Gasteiger partial charge in [0.25, 0.3) is 0 Å². The van der Waals surface area contributed by atoms with Crippen LogP contribution >= 0.6 is 0 Å². The average Bonchev–Trinajstić information content (AvgIpc) is 2.65. The largest absolute Gasteiger partial charge is 0.394 e. The van der Waals surface area contributed by atoms with E-state index in [9.17, 15) is 0 Å². The maximum absolute atomic E-state index is 9.04. The summed E-state index contributed by atoms with van der Waals surface area (Å²) >= 11 is 0. The Labute approximate surface area is 148 Å². The van der Waals surface area contributed by atoms with Crippen molar-refractivity contribution in [1.82, 2.24) is 0 Å². The first-order valence-corrected chi connectivity index (χ1v) is 8.37. The number of hydrogen-bond acceptors (Lipinski definition) is 7. The van der Waals surface area contributed by atoms with Gasteiger partial charge >= 0.3 is 0 Å². The fraction of sp³-hybridized carbons (Fsp3) is 0.667. The standard InChI is InChI=1S/C18H28O7/c19-14-18(20)16-25-13-11-23-9-7-21-6-8-22-10-12-24-15-17-4-2-1-3-5-17/h2,4-5,18-20H,6-16H2/t18-/m0/s1. The summed E-state index contributed by atoms with van der Waals surface area (Å²) in [5, 5.41) is 17.6. The van der Waals surface area contributed by atoms with E-state index in [-0.39, 0.29) is 13.2 Å². The van der Waals surface area contributed by atoms with E-state index < -0.39 is 6.10 Å². The van der Waals surface area contributed by atoms with E-state index in [2.05, 4.69) is 11.5 Å². The van der Waals surface area contributed by atoms with Gasteiger partial charge < -0.3 is 33.9 Å². The Kier molecular flexibility index (Phi) is 14.2. The maximum atomic E-state index is 9.04. The molecule has 1 aliphatic rings. The Hall–Kier alpha value is -1.24. The van der Waals surface area contributed by atoms with Crippen LogP contribution in [0.2, 0.25) is 0 Å². The van der Waals surface area contributed by atoms with Gasteiger partial charge in [0, 0.05) is 0 Å². The van der Waals surface area contributed by atoms with Gasteiger partial charge in [-0.2, -0.15) is 0 Å². The number of hydrogen-bond donors (Lipinski definition) is 2. The summed E-state index contributed by atoms with van der Waals surface area (Å²) in [5.74, 6) is 0. The number of aliphatic hydroxyl groups excluding tert-OH is 2. The summed E-state index contributed by atoms with van der Waals surface area (Å²) < 4.78 is 26.6. The zero-order valence-electron chi connectivity index (χ0n) is 14.5. The van der Waals surface area contributed by atoms with E-state index in [0.717, 1.165) is 5.57 Å². The minimum atomic E-state index is -0.829. The lowest BCUT2D eigenvalue weighted by molar-refractivity contribution is -0.0285. The lowest BCUT2D eigenvalue weighted by Gasteiger charge is -2.09. The highest BCUT2D eigenvalue weighted by molar-refractivity contribution is 5.27. The van der Waals surface area contributed by atoms with Crippen molar-refractivity contribution >= 4 is 0 Å². The highest BCUT2D eigenvalue weighted by Gasteiger charge is 2.00. The summed E-state index contributed by atoms with van der Waals surface area (Å²) in [6, 6.07) is 0. The molecule has 25 heavy (non-hydrogen) atoms. The van der Waals surface area contributed by atoms with Crippen LogP contribution in [0.3, 0.4) is 0 Å². The molecule has 0 fully saturated rings. The normalized spacial score (nSPS) is 14.1. The number of rotatable bonds is 17. The predicted molar refractivity (Wildman–Crippen MR) is 91.4 cm³/mol. The second-order valence-corrected chi connectivity index (χ2v) is 5.14. The summed E-state index contributed by atoms with van der Waals surface area (Å²) in [6.07, 6.45) is 4.77. The molecule has 0 heterocycles. The Bertz CT molecular complexity index is 448. The second-order valence-electron chi connectivity index (χ2n) is 5.14. The molecule has 0 bridgehead atoms. The van der Waals surface area contributed by atoms with Crippen molar-refractivity contribution in [2.24, 2.45) is 0 Å². The zero-order valence-corrected chi connectivity index (χ0v) is 14.5. The van der Waals surface area contributed by atoms with Gasteiger partial charge in [-0.1, -0.05) is 11.5 Å². The molecule has 0 amide bonds. The Balaban J connectivity index is 1.71. The lowest BCUT2D eigenvalue weighted by atomic mass is 10.2. The third kappa shape index (κ3) is 13.7. The summed E-state index contributed by atoms with van der Waals surface area (Å²) in [7, 11) is 0. The monoisotopic (exact) mass is 356 g/mol. The van der Waals surface area contributed by atoms with Crippen molar-refractivity contribution in [2.45, 2.75) is 6.10 Å². The van der Waals surface area contributed by atoms with Gasteiger partial charge in [0.2, 0.25) is 0 Å². The van der Waals surface area contributed by atoms with Crippen LogP contribution in [0, 0.1) is 0 Å². The van der Waals surface area contributed by atoms with Crippen LogP contribution in [0.1, 0.15) is 0 Å². The second kappa shape index (κ2) is 16.2. The van der Waals surface area contributed by atoms with Crippen LogP contribution in [0.4, 0.5) is 0 Å². The summed E-state index contributed by atoms with van der Waals surface area (Å²) in [4.78, 5) is 0. The van der Waals surface area contributed by atoms with E-state index in [1.807, 2.05) is 18.2 Å². The lowest BCUT2D eigenvalue weighted by Crippen LogP contribution is -2.21. The molecule has 0 saturated heterocycles. The quantitative estimate of drug-likeness (QED) is 0.285. The van der Waals surface area contributed by atoms with Gasteiger partial charge in [0.05, 0.1) is 72.7 Å². The highest BCUT2D eigenvalue weighted by Crippen LogP contribution is 2.00. The first-order valence-electron chi connectivity index (χ1n) is 8.37. The molecule has 7 heteroatoms. The van der Waals surface area contributed by atoms with Crippen LogP contribution in [0.5, 0.6) is 0 Å². The average molecular weight is 356 g/mol. The molecule has 1 atom stereocenters. The molecule has 2 N–H and O–H groups in total. The van der Waals surface area contributed by atoms with E-state index in [4.69, 9.17) is 33.9 Å². The van der Waals surface area contributed by atoms with Crippen molar-refractivity contribution in [3.8, 4) is 0 Å². The number of allylic oxidation sites excluding steroid dienone is 2. The molecule has 7 nitrogen and oxygen atoms in total. The van der Waals surface area contributed by atoms with Crippen molar-refractivity contribution in [3.63, 3.8) is 0 Å². The zero-order chi connectivity index (χ0) is 18.0. The first-order chi connectivity index (χ1) is 12.3. The van der Waals surface area contributed by atoms with Crippen LogP contribution in [-0.2, 0) is 23.7 Å². The van der Waals surface area contributed by atoms with E-state index in [1.54, 1.807) is 0 Å². The molecular formula is C18H28O7. The van der Waals surface area contributed by atoms with E-state index in [0.29, 0.717) is 59.5 Å². The summed E-state index contributed by atoms with van der Waals surface area (Å²) in [6.45, 7) is 4.20. The number of ether oxygens (including phenoxy) is 5. The molecular weight excluding hydrogens is 328 g/mol. The fourth-order valence-electron chi connectivity index (χ4n) is 1.71. The van der Waals surface area contributed by atoms with Crippen molar-refractivity contribution in [1.29, 1.82) is 0 Å². The Morgan fingerprint density at radius 3 is 1.88 bits per heavy atom. The van der Waals surface area contributed by atoms with Crippen molar-refractivity contribution in [2.75, 3.05) is 72.7 Å². The van der Waals surface area contributed by atoms with Gasteiger partial charge in [-0.05, 0) is 23.8 Å². The molecule has 0 aliphatic heterocycles. The fourth-order valence-corrected chi connectivity index (χ4v) is 1.71. The molecule has 0 aromatic carbocycles. The van der Waals surface area contributed by atoms with Gasteiger partial charge in [-0.3, -0.25) is 0 Å². The Morgan fingerprint density at radius 1 is 0.800 bits per heavy atom. The first kappa shape index (κ1) is 21.8. The molecule has 0 spiro atoms.